The van der Waals surface area contributed by atoms with Crippen molar-refractivity contribution < 1.29 is 14.3 Å². The molecule has 6 heteroatoms. The van der Waals surface area contributed by atoms with Gasteiger partial charge in [0.1, 0.15) is 0 Å². The van der Waals surface area contributed by atoms with Gasteiger partial charge in [-0.1, -0.05) is 15.9 Å². The second-order valence-corrected chi connectivity index (χ2v) is 7.64. The van der Waals surface area contributed by atoms with E-state index in [9.17, 15) is 4.79 Å². The highest BCUT2D eigenvalue weighted by molar-refractivity contribution is 9.10. The Morgan fingerprint density at radius 1 is 1.22 bits per heavy atom. The van der Waals surface area contributed by atoms with Crippen LogP contribution in [-0.2, 0) is 17.6 Å². The lowest BCUT2D eigenvalue weighted by Crippen LogP contribution is -2.35. The maximum Gasteiger partial charge on any atom is 0.210 e. The number of carbonyl (C=O) groups is 1. The van der Waals surface area contributed by atoms with Gasteiger partial charge in [0.2, 0.25) is 6.41 Å². The predicted molar refractivity (Wildman–Crippen MR) is 108 cm³/mol. The molecule has 2 heterocycles. The molecule has 2 aromatic carbocycles. The Labute approximate surface area is 166 Å². The molecule has 0 unspecified atom stereocenters. The molecule has 1 amide bonds. The maximum absolute atomic E-state index is 11.8. The van der Waals surface area contributed by atoms with Gasteiger partial charge in [-0.05, 0) is 59.9 Å². The third-order valence-electron chi connectivity index (χ3n) is 5.32. The number of halogens is 1. The number of amides is 1. The van der Waals surface area contributed by atoms with Crippen LogP contribution < -0.4 is 9.47 Å². The molecule has 4 rings (SSSR count). The second-order valence-electron chi connectivity index (χ2n) is 6.72. The van der Waals surface area contributed by atoms with E-state index >= 15 is 0 Å². The summed E-state index contributed by atoms with van der Waals surface area (Å²) in [7, 11) is 3.28. The fraction of sp³-hybridized carbons (Fsp3) is 0.286. The van der Waals surface area contributed by atoms with Crippen molar-refractivity contribution in [3.63, 3.8) is 0 Å². The van der Waals surface area contributed by atoms with E-state index < -0.39 is 0 Å². The summed E-state index contributed by atoms with van der Waals surface area (Å²) >= 11 is 3.55. The molecule has 1 N–H and O–H groups in total. The molecule has 0 radical (unpaired) electrons. The molecule has 0 saturated carbocycles. The number of ether oxygens (including phenoxy) is 2. The van der Waals surface area contributed by atoms with Crippen molar-refractivity contribution in [2.75, 3.05) is 20.8 Å². The monoisotopic (exact) mass is 428 g/mol. The van der Waals surface area contributed by atoms with Crippen LogP contribution in [0.2, 0.25) is 0 Å². The third-order valence-corrected chi connectivity index (χ3v) is 5.82. The summed E-state index contributed by atoms with van der Waals surface area (Å²) in [4.78, 5) is 17.0. The molecule has 1 aliphatic heterocycles. The molecule has 0 spiro atoms. The molecule has 1 aliphatic rings. The largest absolute Gasteiger partial charge is 0.493 e. The van der Waals surface area contributed by atoms with Crippen LogP contribution in [0, 0.1) is 0 Å². The minimum absolute atomic E-state index is 0.0379. The first-order valence-electron chi connectivity index (χ1n) is 8.86. The number of hydrogen-bond acceptors (Lipinski definition) is 3. The lowest BCUT2D eigenvalue weighted by atomic mass is 9.88. The Kier molecular flexibility index (Phi) is 4.83. The van der Waals surface area contributed by atoms with Crippen LogP contribution in [0.1, 0.15) is 22.7 Å². The Hall–Kier alpha value is -2.47. The first-order valence-corrected chi connectivity index (χ1v) is 9.65. The fourth-order valence-corrected chi connectivity index (χ4v) is 4.29. The molecule has 1 atom stereocenters. The van der Waals surface area contributed by atoms with Crippen molar-refractivity contribution in [3.05, 3.63) is 57.7 Å². The quantitative estimate of drug-likeness (QED) is 0.618. The number of carbonyl (C=O) groups excluding carboxylic acids is 1. The Bertz CT molecular complexity index is 999. The lowest BCUT2D eigenvalue weighted by Gasteiger charge is -2.35. The van der Waals surface area contributed by atoms with E-state index in [4.69, 9.17) is 9.47 Å². The van der Waals surface area contributed by atoms with E-state index in [1.54, 1.807) is 14.2 Å². The number of H-pyrrole nitrogens is 1. The smallest absolute Gasteiger partial charge is 0.210 e. The fourth-order valence-electron chi connectivity index (χ4n) is 3.93. The number of fused-ring (bicyclic) bond motifs is 2. The summed E-state index contributed by atoms with van der Waals surface area (Å²) in [5, 5.41) is 1.17. The van der Waals surface area contributed by atoms with Gasteiger partial charge in [0.05, 0.1) is 20.3 Å². The van der Waals surface area contributed by atoms with Gasteiger partial charge < -0.3 is 19.4 Å². The average molecular weight is 429 g/mol. The number of benzene rings is 2. The number of nitrogens with zero attached hydrogens (tertiary/aromatic N) is 1. The lowest BCUT2D eigenvalue weighted by molar-refractivity contribution is -0.120. The molecule has 3 aromatic rings. The SMILES string of the molecule is COc1cc2c(cc1OC)[C@H](Cc1c[nH]c3ccc(Br)cc13)N(C=O)CC2. The van der Waals surface area contributed by atoms with Gasteiger partial charge in [-0.3, -0.25) is 4.79 Å². The summed E-state index contributed by atoms with van der Waals surface area (Å²) in [6, 6.07) is 10.2. The van der Waals surface area contributed by atoms with Crippen molar-refractivity contribution in [1.82, 2.24) is 9.88 Å². The first-order chi connectivity index (χ1) is 13.1. The second kappa shape index (κ2) is 7.27. The van der Waals surface area contributed by atoms with E-state index in [1.165, 1.54) is 16.5 Å². The van der Waals surface area contributed by atoms with E-state index in [1.807, 2.05) is 29.3 Å². The van der Waals surface area contributed by atoms with Gasteiger partial charge in [0.15, 0.2) is 11.5 Å². The van der Waals surface area contributed by atoms with Gasteiger partial charge in [0, 0.05) is 28.1 Å². The molecule has 27 heavy (non-hydrogen) atoms. The van der Waals surface area contributed by atoms with Crippen LogP contribution in [0.15, 0.2) is 41.0 Å². The van der Waals surface area contributed by atoms with E-state index in [0.717, 1.165) is 40.6 Å². The highest BCUT2D eigenvalue weighted by Gasteiger charge is 2.29. The number of hydrogen-bond donors (Lipinski definition) is 1. The minimum Gasteiger partial charge on any atom is -0.493 e. The van der Waals surface area contributed by atoms with Crippen molar-refractivity contribution >= 4 is 33.2 Å². The van der Waals surface area contributed by atoms with Gasteiger partial charge in [-0.15, -0.1) is 0 Å². The normalized spacial score (nSPS) is 16.3. The molecule has 140 valence electrons. The average Bonchev–Trinajstić information content (AvgIpc) is 3.09. The number of rotatable bonds is 5. The zero-order chi connectivity index (χ0) is 19.0. The van der Waals surface area contributed by atoms with Crippen LogP contribution in [0.5, 0.6) is 11.5 Å². The molecular formula is C21H21BrN2O3. The maximum atomic E-state index is 11.8. The number of aromatic nitrogens is 1. The zero-order valence-corrected chi connectivity index (χ0v) is 16.9. The van der Waals surface area contributed by atoms with E-state index in [0.29, 0.717) is 12.3 Å². The highest BCUT2D eigenvalue weighted by atomic mass is 79.9. The number of methoxy groups -OCH3 is 2. The Balaban J connectivity index is 1.78. The first kappa shape index (κ1) is 17.9. The van der Waals surface area contributed by atoms with Crippen LogP contribution in [0.3, 0.4) is 0 Å². The molecule has 0 aliphatic carbocycles. The predicted octanol–water partition coefficient (Wildman–Crippen LogP) is 4.25. The molecule has 5 nitrogen and oxygen atoms in total. The molecule has 1 aromatic heterocycles. The summed E-state index contributed by atoms with van der Waals surface area (Å²) < 4.78 is 12.0. The standard InChI is InChI=1S/C21H21BrN2O3/c1-26-20-8-13-5-6-24(12-25)19(17(13)10-21(20)27-2)7-14-11-23-18-4-3-15(22)9-16(14)18/h3-4,8-12,19,23H,5-7H2,1-2H3/t19-/m0/s1. The van der Waals surface area contributed by atoms with Gasteiger partial charge >= 0.3 is 0 Å². The summed E-state index contributed by atoms with van der Waals surface area (Å²) in [5.74, 6) is 1.42. The van der Waals surface area contributed by atoms with Gasteiger partial charge in [-0.2, -0.15) is 0 Å². The van der Waals surface area contributed by atoms with E-state index in [2.05, 4.69) is 33.0 Å². The van der Waals surface area contributed by atoms with E-state index in [-0.39, 0.29) is 6.04 Å². The van der Waals surface area contributed by atoms with Crippen molar-refractivity contribution in [2.24, 2.45) is 0 Å². The number of aromatic amines is 1. The summed E-state index contributed by atoms with van der Waals surface area (Å²) in [5.41, 5.74) is 4.60. The van der Waals surface area contributed by atoms with Gasteiger partial charge in [-0.25, -0.2) is 0 Å². The molecule has 0 bridgehead atoms. The van der Waals surface area contributed by atoms with Crippen LogP contribution in [-0.4, -0.2) is 37.1 Å². The van der Waals surface area contributed by atoms with Crippen molar-refractivity contribution in [3.8, 4) is 11.5 Å². The molecule has 0 saturated heterocycles. The topological polar surface area (TPSA) is 54.6 Å². The van der Waals surface area contributed by atoms with Crippen molar-refractivity contribution in [2.45, 2.75) is 18.9 Å². The summed E-state index contributed by atoms with van der Waals surface area (Å²) in [6.45, 7) is 0.697. The Morgan fingerprint density at radius 2 is 2.00 bits per heavy atom. The van der Waals surface area contributed by atoms with Gasteiger partial charge in [0.25, 0.3) is 0 Å². The Morgan fingerprint density at radius 3 is 2.74 bits per heavy atom. The van der Waals surface area contributed by atoms with Crippen molar-refractivity contribution in [1.29, 1.82) is 0 Å². The molecule has 0 fully saturated rings. The van der Waals surface area contributed by atoms with Crippen LogP contribution in [0.4, 0.5) is 0 Å². The minimum atomic E-state index is -0.0379. The van der Waals surface area contributed by atoms with Crippen LogP contribution in [0.25, 0.3) is 10.9 Å². The van der Waals surface area contributed by atoms with Crippen LogP contribution >= 0.6 is 15.9 Å². The third kappa shape index (κ3) is 3.18. The zero-order valence-electron chi connectivity index (χ0n) is 15.3. The molecular weight excluding hydrogens is 408 g/mol. The highest BCUT2D eigenvalue weighted by Crippen LogP contribution is 2.39. The summed E-state index contributed by atoms with van der Waals surface area (Å²) in [6.07, 6.45) is 4.53. The number of nitrogens with one attached hydrogen (secondary N) is 1.